The van der Waals surface area contributed by atoms with Crippen molar-refractivity contribution >= 4 is 21.6 Å². The number of nitro groups is 1. The first kappa shape index (κ1) is 16.1. The molecular weight excluding hydrogens is 312 g/mol. The van der Waals surface area contributed by atoms with E-state index in [9.17, 15) is 10.1 Å². The topological polar surface area (TPSA) is 64.4 Å². The smallest absolute Gasteiger partial charge is 0.283 e. The van der Waals surface area contributed by atoms with E-state index in [1.165, 1.54) is 6.07 Å². The number of halogens is 1. The van der Waals surface area contributed by atoms with Gasteiger partial charge in [0.25, 0.3) is 5.69 Å². The van der Waals surface area contributed by atoms with Gasteiger partial charge >= 0.3 is 0 Å². The standard InChI is InChI=1S/C13H19BrN2O3/c1-4-19-13(2,3)9-15-8-10-6-5-7-11(12(10)14)16(17)18/h5-7,15H,4,8-9H2,1-3H3. The Balaban J connectivity index is 2.64. The van der Waals surface area contributed by atoms with Gasteiger partial charge in [-0.15, -0.1) is 0 Å². The van der Waals surface area contributed by atoms with E-state index in [-0.39, 0.29) is 11.3 Å². The van der Waals surface area contributed by atoms with Gasteiger partial charge in [-0.05, 0) is 42.3 Å². The number of rotatable bonds is 7. The van der Waals surface area contributed by atoms with E-state index >= 15 is 0 Å². The summed E-state index contributed by atoms with van der Waals surface area (Å²) in [4.78, 5) is 10.4. The van der Waals surface area contributed by atoms with Crippen molar-refractivity contribution in [2.45, 2.75) is 32.9 Å². The number of ether oxygens (including phenoxy) is 1. The first-order valence-electron chi connectivity index (χ1n) is 6.14. The summed E-state index contributed by atoms with van der Waals surface area (Å²) in [5.41, 5.74) is 0.701. The summed E-state index contributed by atoms with van der Waals surface area (Å²) in [6.45, 7) is 7.86. The van der Waals surface area contributed by atoms with Crippen LogP contribution in [0.4, 0.5) is 5.69 Å². The number of nitro benzene ring substituents is 1. The van der Waals surface area contributed by atoms with Crippen LogP contribution in [-0.2, 0) is 11.3 Å². The zero-order valence-corrected chi connectivity index (χ0v) is 13.0. The van der Waals surface area contributed by atoms with E-state index in [0.29, 0.717) is 24.2 Å². The molecule has 0 saturated carbocycles. The van der Waals surface area contributed by atoms with Crippen LogP contribution in [0, 0.1) is 10.1 Å². The third kappa shape index (κ3) is 4.89. The Labute approximate surface area is 121 Å². The summed E-state index contributed by atoms with van der Waals surface area (Å²) < 4.78 is 6.11. The highest BCUT2D eigenvalue weighted by atomic mass is 79.9. The van der Waals surface area contributed by atoms with Crippen LogP contribution in [0.25, 0.3) is 0 Å². The van der Waals surface area contributed by atoms with Crippen molar-refractivity contribution in [2.24, 2.45) is 0 Å². The second-order valence-electron chi connectivity index (χ2n) is 4.80. The second kappa shape index (κ2) is 6.98. The molecule has 106 valence electrons. The Morgan fingerprint density at radius 2 is 2.16 bits per heavy atom. The molecule has 1 rings (SSSR count). The Bertz CT molecular complexity index is 450. The summed E-state index contributed by atoms with van der Waals surface area (Å²) in [5, 5.41) is 14.1. The largest absolute Gasteiger partial charge is 0.375 e. The zero-order chi connectivity index (χ0) is 14.5. The highest BCUT2D eigenvalue weighted by molar-refractivity contribution is 9.10. The van der Waals surface area contributed by atoms with Crippen molar-refractivity contribution in [3.63, 3.8) is 0 Å². The second-order valence-corrected chi connectivity index (χ2v) is 5.60. The van der Waals surface area contributed by atoms with Gasteiger partial charge < -0.3 is 10.1 Å². The van der Waals surface area contributed by atoms with E-state index < -0.39 is 4.92 Å². The number of hydrogen-bond acceptors (Lipinski definition) is 4. The molecule has 0 fully saturated rings. The van der Waals surface area contributed by atoms with Gasteiger partial charge in [0.15, 0.2) is 0 Å². The third-order valence-electron chi connectivity index (χ3n) is 2.66. The number of benzene rings is 1. The van der Waals surface area contributed by atoms with Gasteiger partial charge in [0.2, 0.25) is 0 Å². The normalized spacial score (nSPS) is 11.6. The van der Waals surface area contributed by atoms with E-state index in [2.05, 4.69) is 21.2 Å². The molecule has 0 spiro atoms. The highest BCUT2D eigenvalue weighted by Crippen LogP contribution is 2.28. The van der Waals surface area contributed by atoms with Crippen LogP contribution >= 0.6 is 15.9 Å². The third-order valence-corrected chi connectivity index (χ3v) is 3.57. The van der Waals surface area contributed by atoms with E-state index in [1.54, 1.807) is 6.07 Å². The Kier molecular flexibility index (Phi) is 5.90. The van der Waals surface area contributed by atoms with Crippen LogP contribution in [-0.4, -0.2) is 23.7 Å². The maximum Gasteiger partial charge on any atom is 0.283 e. The SMILES string of the molecule is CCOC(C)(C)CNCc1cccc([N+](=O)[O-])c1Br. The molecule has 0 aliphatic rings. The summed E-state index contributed by atoms with van der Waals surface area (Å²) in [6, 6.07) is 5.03. The van der Waals surface area contributed by atoms with Gasteiger partial charge in [-0.25, -0.2) is 0 Å². The number of nitrogens with one attached hydrogen (secondary N) is 1. The lowest BCUT2D eigenvalue weighted by Gasteiger charge is -2.25. The van der Waals surface area contributed by atoms with Crippen molar-refractivity contribution in [2.75, 3.05) is 13.2 Å². The Hall–Kier alpha value is -0.980. The van der Waals surface area contributed by atoms with Crippen molar-refractivity contribution < 1.29 is 9.66 Å². The van der Waals surface area contributed by atoms with Crippen LogP contribution in [0.5, 0.6) is 0 Å². The van der Waals surface area contributed by atoms with Crippen molar-refractivity contribution in [1.29, 1.82) is 0 Å². The molecule has 0 unspecified atom stereocenters. The predicted octanol–water partition coefficient (Wildman–Crippen LogP) is 3.26. The first-order valence-corrected chi connectivity index (χ1v) is 6.93. The molecular formula is C13H19BrN2O3. The summed E-state index contributed by atoms with van der Waals surface area (Å²) >= 11 is 3.28. The Morgan fingerprint density at radius 3 is 2.74 bits per heavy atom. The fourth-order valence-electron chi connectivity index (χ4n) is 1.78. The van der Waals surface area contributed by atoms with Crippen LogP contribution in [0.2, 0.25) is 0 Å². The zero-order valence-electron chi connectivity index (χ0n) is 11.4. The first-order chi connectivity index (χ1) is 8.87. The maximum absolute atomic E-state index is 10.8. The summed E-state index contributed by atoms with van der Waals surface area (Å²) in [6.07, 6.45) is 0. The fourth-order valence-corrected chi connectivity index (χ4v) is 2.33. The highest BCUT2D eigenvalue weighted by Gasteiger charge is 2.18. The lowest BCUT2D eigenvalue weighted by molar-refractivity contribution is -0.385. The molecule has 0 radical (unpaired) electrons. The van der Waals surface area contributed by atoms with Gasteiger partial charge in [0.1, 0.15) is 0 Å². The van der Waals surface area contributed by atoms with Crippen LogP contribution in [0.15, 0.2) is 22.7 Å². The molecule has 0 amide bonds. The molecule has 6 heteroatoms. The van der Waals surface area contributed by atoms with Gasteiger partial charge in [-0.2, -0.15) is 0 Å². The molecule has 0 aliphatic heterocycles. The summed E-state index contributed by atoms with van der Waals surface area (Å²) in [7, 11) is 0. The van der Waals surface area contributed by atoms with Crippen molar-refractivity contribution in [1.82, 2.24) is 5.32 Å². The van der Waals surface area contributed by atoms with Crippen LogP contribution in [0.3, 0.4) is 0 Å². The van der Waals surface area contributed by atoms with E-state index in [1.807, 2.05) is 26.8 Å². The van der Waals surface area contributed by atoms with Crippen LogP contribution in [0.1, 0.15) is 26.3 Å². The quantitative estimate of drug-likeness (QED) is 0.615. The maximum atomic E-state index is 10.8. The molecule has 0 aliphatic carbocycles. The molecule has 0 atom stereocenters. The minimum atomic E-state index is -0.391. The lowest BCUT2D eigenvalue weighted by Crippen LogP contribution is -2.37. The lowest BCUT2D eigenvalue weighted by atomic mass is 10.1. The number of hydrogen-bond donors (Lipinski definition) is 1. The fraction of sp³-hybridized carbons (Fsp3) is 0.538. The predicted molar refractivity (Wildman–Crippen MR) is 78.2 cm³/mol. The average molecular weight is 331 g/mol. The van der Waals surface area contributed by atoms with E-state index in [4.69, 9.17) is 4.74 Å². The molecule has 0 bridgehead atoms. The minimum Gasteiger partial charge on any atom is -0.375 e. The van der Waals surface area contributed by atoms with Crippen molar-refractivity contribution in [3.05, 3.63) is 38.3 Å². The minimum absolute atomic E-state index is 0.0865. The monoisotopic (exact) mass is 330 g/mol. The molecule has 0 aromatic heterocycles. The average Bonchev–Trinajstić information content (AvgIpc) is 2.30. The summed E-state index contributed by atoms with van der Waals surface area (Å²) in [5.74, 6) is 0. The molecule has 1 N–H and O–H groups in total. The molecule has 0 saturated heterocycles. The van der Waals surface area contributed by atoms with Gasteiger partial charge in [0, 0.05) is 25.8 Å². The Morgan fingerprint density at radius 1 is 1.47 bits per heavy atom. The van der Waals surface area contributed by atoms with Crippen LogP contribution < -0.4 is 5.32 Å². The number of nitrogens with zero attached hydrogens (tertiary/aromatic N) is 1. The molecule has 1 aromatic rings. The molecule has 5 nitrogen and oxygen atoms in total. The van der Waals surface area contributed by atoms with E-state index in [0.717, 1.165) is 5.56 Å². The van der Waals surface area contributed by atoms with Crippen molar-refractivity contribution in [3.8, 4) is 0 Å². The van der Waals surface area contributed by atoms with Gasteiger partial charge in [0.05, 0.1) is 15.0 Å². The van der Waals surface area contributed by atoms with Gasteiger partial charge in [-0.3, -0.25) is 10.1 Å². The molecule has 0 heterocycles. The molecule has 19 heavy (non-hydrogen) atoms. The van der Waals surface area contributed by atoms with Gasteiger partial charge in [-0.1, -0.05) is 12.1 Å². The molecule has 1 aromatic carbocycles.